The number of aryl methyl sites for hydroxylation is 1. The molecule has 1 aromatic heterocycles. The van der Waals surface area contributed by atoms with Gasteiger partial charge in [-0.25, -0.2) is 4.98 Å². The third kappa shape index (κ3) is 3.92. The first-order chi connectivity index (χ1) is 10.3. The van der Waals surface area contributed by atoms with Crippen LogP contribution in [0.4, 0.5) is 0 Å². The SMILES string of the molecule is Cc1ncc(/C=N\N2CCN(Cc3ccccc3)CC2)[nH]1. The van der Waals surface area contributed by atoms with Gasteiger partial charge in [-0.2, -0.15) is 5.10 Å². The molecule has 1 aromatic carbocycles. The Morgan fingerprint density at radius 2 is 1.95 bits per heavy atom. The van der Waals surface area contributed by atoms with E-state index < -0.39 is 0 Å². The van der Waals surface area contributed by atoms with Gasteiger partial charge in [-0.05, 0) is 12.5 Å². The summed E-state index contributed by atoms with van der Waals surface area (Å²) in [5.74, 6) is 0.920. The maximum atomic E-state index is 4.52. The van der Waals surface area contributed by atoms with Crippen molar-refractivity contribution >= 4 is 6.21 Å². The number of aromatic amines is 1. The highest BCUT2D eigenvalue weighted by atomic mass is 15.5. The van der Waals surface area contributed by atoms with Crippen LogP contribution in [0, 0.1) is 6.92 Å². The molecule has 5 heteroatoms. The van der Waals surface area contributed by atoms with Gasteiger partial charge < -0.3 is 4.98 Å². The van der Waals surface area contributed by atoms with E-state index in [1.165, 1.54) is 5.56 Å². The van der Waals surface area contributed by atoms with Gasteiger partial charge in [0.15, 0.2) is 0 Å². The number of H-pyrrole nitrogens is 1. The average Bonchev–Trinajstić information content (AvgIpc) is 2.93. The third-order valence-corrected chi connectivity index (χ3v) is 3.68. The number of hydrazone groups is 1. The fourth-order valence-corrected chi connectivity index (χ4v) is 2.50. The minimum Gasteiger partial charge on any atom is -0.341 e. The molecule has 5 nitrogen and oxygen atoms in total. The molecule has 1 N–H and O–H groups in total. The number of aromatic nitrogens is 2. The first kappa shape index (κ1) is 13.8. The Hall–Kier alpha value is -2.14. The Balaban J connectivity index is 1.48. The van der Waals surface area contributed by atoms with Gasteiger partial charge in [0.25, 0.3) is 0 Å². The monoisotopic (exact) mass is 283 g/mol. The summed E-state index contributed by atoms with van der Waals surface area (Å²) in [6.45, 7) is 7.01. The number of nitrogens with zero attached hydrogens (tertiary/aromatic N) is 4. The molecule has 0 unspecified atom stereocenters. The van der Waals surface area contributed by atoms with Crippen molar-refractivity contribution in [2.75, 3.05) is 26.2 Å². The fraction of sp³-hybridized carbons (Fsp3) is 0.375. The van der Waals surface area contributed by atoms with Crippen molar-refractivity contribution in [1.82, 2.24) is 19.9 Å². The number of hydrogen-bond donors (Lipinski definition) is 1. The smallest absolute Gasteiger partial charge is 0.103 e. The van der Waals surface area contributed by atoms with Crippen molar-refractivity contribution in [3.8, 4) is 0 Å². The van der Waals surface area contributed by atoms with Crippen molar-refractivity contribution in [1.29, 1.82) is 0 Å². The molecule has 1 aliphatic heterocycles. The molecule has 0 radical (unpaired) electrons. The zero-order valence-corrected chi connectivity index (χ0v) is 12.4. The van der Waals surface area contributed by atoms with Gasteiger partial charge in [-0.15, -0.1) is 0 Å². The predicted octanol–water partition coefficient (Wildman–Crippen LogP) is 1.87. The Labute approximate surface area is 125 Å². The van der Waals surface area contributed by atoms with Crippen molar-refractivity contribution in [2.45, 2.75) is 13.5 Å². The van der Waals surface area contributed by atoms with E-state index in [1.807, 2.05) is 19.3 Å². The topological polar surface area (TPSA) is 47.5 Å². The molecule has 0 spiro atoms. The number of imidazole rings is 1. The number of piperazine rings is 1. The van der Waals surface area contributed by atoms with E-state index in [2.05, 4.69) is 55.3 Å². The molecule has 1 saturated heterocycles. The summed E-state index contributed by atoms with van der Waals surface area (Å²) >= 11 is 0. The lowest BCUT2D eigenvalue weighted by Crippen LogP contribution is -2.43. The third-order valence-electron chi connectivity index (χ3n) is 3.68. The summed E-state index contributed by atoms with van der Waals surface area (Å²) in [4.78, 5) is 9.80. The fourth-order valence-electron chi connectivity index (χ4n) is 2.50. The quantitative estimate of drug-likeness (QED) is 0.871. The van der Waals surface area contributed by atoms with Crippen LogP contribution in [0.3, 0.4) is 0 Å². The number of hydrogen-bond acceptors (Lipinski definition) is 4. The molecule has 0 atom stereocenters. The van der Waals surface area contributed by atoms with Crippen LogP contribution in [-0.2, 0) is 6.54 Å². The summed E-state index contributed by atoms with van der Waals surface area (Å²) in [5, 5.41) is 6.64. The Bertz CT molecular complexity index is 582. The van der Waals surface area contributed by atoms with Crippen LogP contribution in [0.1, 0.15) is 17.1 Å². The number of benzene rings is 1. The molecular weight excluding hydrogens is 262 g/mol. The maximum absolute atomic E-state index is 4.52. The van der Waals surface area contributed by atoms with Crippen molar-refractivity contribution in [3.63, 3.8) is 0 Å². The van der Waals surface area contributed by atoms with E-state index in [9.17, 15) is 0 Å². The molecule has 3 rings (SSSR count). The van der Waals surface area contributed by atoms with Gasteiger partial charge >= 0.3 is 0 Å². The van der Waals surface area contributed by atoms with Gasteiger partial charge in [0.2, 0.25) is 0 Å². The predicted molar refractivity (Wildman–Crippen MR) is 84.2 cm³/mol. The first-order valence-electron chi connectivity index (χ1n) is 7.36. The van der Waals surface area contributed by atoms with E-state index in [1.54, 1.807) is 0 Å². The van der Waals surface area contributed by atoms with Crippen molar-refractivity contribution in [2.24, 2.45) is 5.10 Å². The van der Waals surface area contributed by atoms with E-state index in [0.29, 0.717) is 0 Å². The molecular formula is C16H21N5. The van der Waals surface area contributed by atoms with E-state index >= 15 is 0 Å². The second kappa shape index (κ2) is 6.54. The minimum atomic E-state index is 0.920. The molecule has 2 heterocycles. The van der Waals surface area contributed by atoms with Gasteiger partial charge in [-0.1, -0.05) is 30.3 Å². The van der Waals surface area contributed by atoms with Gasteiger partial charge in [0.05, 0.1) is 18.1 Å². The molecule has 110 valence electrons. The van der Waals surface area contributed by atoms with Gasteiger partial charge in [0.1, 0.15) is 5.82 Å². The summed E-state index contributed by atoms with van der Waals surface area (Å²) in [6.07, 6.45) is 3.66. The van der Waals surface area contributed by atoms with Crippen LogP contribution >= 0.6 is 0 Å². The highest BCUT2D eigenvalue weighted by Crippen LogP contribution is 2.08. The molecule has 2 aromatic rings. The summed E-state index contributed by atoms with van der Waals surface area (Å²) in [7, 11) is 0. The molecule has 1 aliphatic rings. The van der Waals surface area contributed by atoms with Crippen LogP contribution in [-0.4, -0.2) is 52.3 Å². The van der Waals surface area contributed by atoms with Crippen LogP contribution < -0.4 is 0 Å². The van der Waals surface area contributed by atoms with E-state index in [0.717, 1.165) is 44.2 Å². The zero-order valence-electron chi connectivity index (χ0n) is 12.4. The Morgan fingerprint density at radius 3 is 2.62 bits per heavy atom. The van der Waals surface area contributed by atoms with Crippen LogP contribution in [0.25, 0.3) is 0 Å². The Morgan fingerprint density at radius 1 is 1.19 bits per heavy atom. The maximum Gasteiger partial charge on any atom is 0.103 e. The van der Waals surface area contributed by atoms with Crippen molar-refractivity contribution < 1.29 is 0 Å². The summed E-state index contributed by atoms with van der Waals surface area (Å²) < 4.78 is 0. The molecule has 0 amide bonds. The van der Waals surface area contributed by atoms with Crippen LogP contribution in [0.5, 0.6) is 0 Å². The first-order valence-corrected chi connectivity index (χ1v) is 7.36. The lowest BCUT2D eigenvalue weighted by atomic mass is 10.2. The second-order valence-corrected chi connectivity index (χ2v) is 5.38. The molecule has 1 fully saturated rings. The lowest BCUT2D eigenvalue weighted by molar-refractivity contribution is 0.131. The highest BCUT2D eigenvalue weighted by molar-refractivity contribution is 5.76. The summed E-state index contributed by atoms with van der Waals surface area (Å²) in [5.41, 5.74) is 2.33. The molecule has 0 bridgehead atoms. The lowest BCUT2D eigenvalue weighted by Gasteiger charge is -2.32. The second-order valence-electron chi connectivity index (χ2n) is 5.38. The highest BCUT2D eigenvalue weighted by Gasteiger charge is 2.15. The van der Waals surface area contributed by atoms with Crippen LogP contribution in [0.15, 0.2) is 41.6 Å². The normalized spacial score (nSPS) is 16.7. The number of nitrogens with one attached hydrogen (secondary N) is 1. The molecule has 0 aliphatic carbocycles. The number of rotatable bonds is 4. The van der Waals surface area contributed by atoms with Gasteiger partial charge in [-0.3, -0.25) is 9.91 Å². The van der Waals surface area contributed by atoms with Crippen molar-refractivity contribution in [3.05, 3.63) is 53.6 Å². The average molecular weight is 283 g/mol. The molecule has 21 heavy (non-hydrogen) atoms. The largest absolute Gasteiger partial charge is 0.341 e. The minimum absolute atomic E-state index is 0.920. The zero-order chi connectivity index (χ0) is 14.5. The van der Waals surface area contributed by atoms with E-state index in [4.69, 9.17) is 0 Å². The molecule has 0 saturated carbocycles. The summed E-state index contributed by atoms with van der Waals surface area (Å²) in [6, 6.07) is 10.6. The Kier molecular flexibility index (Phi) is 4.31. The standard InChI is InChI=1S/C16H21N5/c1-14-17-11-16(19-14)12-18-21-9-7-20(8-10-21)13-15-5-3-2-4-6-15/h2-6,11-12H,7-10,13H2,1H3,(H,17,19)/b18-12-. The van der Waals surface area contributed by atoms with Crippen LogP contribution in [0.2, 0.25) is 0 Å². The van der Waals surface area contributed by atoms with E-state index in [-0.39, 0.29) is 0 Å². The van der Waals surface area contributed by atoms with Gasteiger partial charge in [0, 0.05) is 32.7 Å².